The third-order valence-electron chi connectivity index (χ3n) is 3.65. The number of thiophene rings is 1. The van der Waals surface area contributed by atoms with Crippen LogP contribution in [0.2, 0.25) is 0 Å². The summed E-state index contributed by atoms with van der Waals surface area (Å²) < 4.78 is 10.8. The molecular weight excluding hydrogens is 314 g/mol. The first-order valence-corrected chi connectivity index (χ1v) is 8.29. The normalized spacial score (nSPS) is 17.5. The summed E-state index contributed by atoms with van der Waals surface area (Å²) in [6.07, 6.45) is -0.159. The molecule has 0 bridgehead atoms. The van der Waals surface area contributed by atoms with Gasteiger partial charge in [-0.15, -0.1) is 11.3 Å². The molecule has 0 radical (unpaired) electrons. The number of nitrogens with one attached hydrogen (secondary N) is 1. The summed E-state index contributed by atoms with van der Waals surface area (Å²) in [6, 6.07) is 10.9. The number of amides is 1. The Morgan fingerprint density at radius 1 is 1.30 bits per heavy atom. The van der Waals surface area contributed by atoms with Crippen molar-refractivity contribution < 1.29 is 19.1 Å². The van der Waals surface area contributed by atoms with Gasteiger partial charge in [-0.2, -0.15) is 0 Å². The van der Waals surface area contributed by atoms with Crippen LogP contribution in [0.1, 0.15) is 34.6 Å². The van der Waals surface area contributed by atoms with E-state index in [-0.39, 0.29) is 11.9 Å². The van der Waals surface area contributed by atoms with Crippen LogP contribution in [0.4, 0.5) is 0 Å². The number of carbonyl (C=O) groups is 2. The number of benzene rings is 1. The average molecular weight is 331 g/mol. The average Bonchev–Trinajstić information content (AvgIpc) is 3.09. The van der Waals surface area contributed by atoms with E-state index >= 15 is 0 Å². The first kappa shape index (κ1) is 15.6. The number of fused-ring (bicyclic) bond motifs is 1. The Bertz CT molecular complexity index is 698. The van der Waals surface area contributed by atoms with Crippen molar-refractivity contribution in [1.29, 1.82) is 0 Å². The van der Waals surface area contributed by atoms with Crippen LogP contribution in [0.25, 0.3) is 0 Å². The van der Waals surface area contributed by atoms with Crippen molar-refractivity contribution in [2.75, 3.05) is 6.61 Å². The van der Waals surface area contributed by atoms with Gasteiger partial charge in [0.1, 0.15) is 10.6 Å². The molecule has 120 valence electrons. The highest BCUT2D eigenvalue weighted by molar-refractivity contribution is 7.11. The van der Waals surface area contributed by atoms with Gasteiger partial charge in [-0.1, -0.05) is 24.3 Å². The van der Waals surface area contributed by atoms with E-state index in [2.05, 4.69) is 5.32 Å². The maximum Gasteiger partial charge on any atom is 0.349 e. The molecular formula is C17H17NO4S. The molecule has 0 saturated carbocycles. The van der Waals surface area contributed by atoms with Crippen LogP contribution in [0.5, 0.6) is 5.75 Å². The minimum atomic E-state index is -0.848. The first-order valence-electron chi connectivity index (χ1n) is 7.42. The molecule has 2 atom stereocenters. The second kappa shape index (κ2) is 6.83. The molecule has 5 nitrogen and oxygen atoms in total. The fourth-order valence-corrected chi connectivity index (χ4v) is 3.05. The summed E-state index contributed by atoms with van der Waals surface area (Å²) in [7, 11) is 0. The van der Waals surface area contributed by atoms with Crippen molar-refractivity contribution in [3.63, 3.8) is 0 Å². The van der Waals surface area contributed by atoms with Crippen LogP contribution in [0.15, 0.2) is 41.8 Å². The lowest BCUT2D eigenvalue weighted by atomic mass is 10.0. The Morgan fingerprint density at radius 3 is 2.91 bits per heavy atom. The van der Waals surface area contributed by atoms with Crippen molar-refractivity contribution >= 4 is 23.2 Å². The van der Waals surface area contributed by atoms with Gasteiger partial charge in [0.05, 0.1) is 12.6 Å². The fraction of sp³-hybridized carbons (Fsp3) is 0.294. The van der Waals surface area contributed by atoms with Gasteiger partial charge in [0.2, 0.25) is 0 Å². The summed E-state index contributed by atoms with van der Waals surface area (Å²) >= 11 is 1.29. The van der Waals surface area contributed by atoms with E-state index in [4.69, 9.17) is 9.47 Å². The molecule has 1 aliphatic rings. The maximum atomic E-state index is 12.3. The molecule has 1 N–H and O–H groups in total. The molecule has 2 aromatic rings. The highest BCUT2D eigenvalue weighted by atomic mass is 32.1. The third-order valence-corrected chi connectivity index (χ3v) is 4.50. The van der Waals surface area contributed by atoms with Gasteiger partial charge >= 0.3 is 5.97 Å². The van der Waals surface area contributed by atoms with Crippen LogP contribution in [-0.2, 0) is 9.53 Å². The van der Waals surface area contributed by atoms with Crippen LogP contribution in [0.3, 0.4) is 0 Å². The molecule has 1 amide bonds. The van der Waals surface area contributed by atoms with Crippen molar-refractivity contribution in [2.45, 2.75) is 25.5 Å². The number of para-hydroxylation sites is 1. The lowest BCUT2D eigenvalue weighted by molar-refractivity contribution is -0.130. The van der Waals surface area contributed by atoms with Gasteiger partial charge in [0, 0.05) is 12.0 Å². The van der Waals surface area contributed by atoms with Crippen LogP contribution in [0, 0.1) is 0 Å². The smallest absolute Gasteiger partial charge is 0.349 e. The van der Waals surface area contributed by atoms with Crippen LogP contribution < -0.4 is 10.1 Å². The van der Waals surface area contributed by atoms with E-state index < -0.39 is 12.1 Å². The van der Waals surface area contributed by atoms with E-state index in [1.807, 2.05) is 24.3 Å². The van der Waals surface area contributed by atoms with Gasteiger partial charge in [-0.25, -0.2) is 4.79 Å². The Kier molecular flexibility index (Phi) is 4.62. The zero-order valence-electron chi connectivity index (χ0n) is 12.7. The molecule has 0 aliphatic carbocycles. The standard InChI is InChI=1S/C17H17NO4S/c1-11(22-17(20)15-7-4-10-23-15)16(19)18-13-8-9-21-14-6-3-2-5-12(13)14/h2-7,10-11,13H,8-9H2,1H3,(H,18,19). The lowest BCUT2D eigenvalue weighted by Gasteiger charge is -2.27. The first-order chi connectivity index (χ1) is 11.1. The molecule has 0 saturated heterocycles. The Balaban J connectivity index is 1.62. The summed E-state index contributed by atoms with van der Waals surface area (Å²) in [5, 5.41) is 4.72. The summed E-state index contributed by atoms with van der Waals surface area (Å²) in [4.78, 5) is 24.7. The zero-order chi connectivity index (χ0) is 16.2. The van der Waals surface area contributed by atoms with Gasteiger partial charge in [0.15, 0.2) is 6.10 Å². The molecule has 2 unspecified atom stereocenters. The van der Waals surface area contributed by atoms with E-state index in [0.717, 1.165) is 11.3 Å². The fourth-order valence-electron chi connectivity index (χ4n) is 2.45. The Hall–Kier alpha value is -2.34. The molecule has 1 aromatic carbocycles. The highest BCUT2D eigenvalue weighted by Gasteiger charge is 2.26. The van der Waals surface area contributed by atoms with Gasteiger partial charge in [-0.05, 0) is 24.4 Å². The topological polar surface area (TPSA) is 64.6 Å². The molecule has 23 heavy (non-hydrogen) atoms. The maximum absolute atomic E-state index is 12.3. The largest absolute Gasteiger partial charge is 0.493 e. The van der Waals surface area contributed by atoms with E-state index in [9.17, 15) is 9.59 Å². The molecule has 6 heteroatoms. The third kappa shape index (κ3) is 3.53. The number of carbonyl (C=O) groups excluding carboxylic acids is 2. The van der Waals surface area contributed by atoms with E-state index in [1.165, 1.54) is 11.3 Å². The molecule has 0 spiro atoms. The minimum absolute atomic E-state index is 0.129. The van der Waals surface area contributed by atoms with Crippen molar-refractivity contribution in [3.05, 3.63) is 52.2 Å². The van der Waals surface area contributed by atoms with Gasteiger partial charge in [-0.3, -0.25) is 4.79 Å². The van der Waals surface area contributed by atoms with E-state index in [1.54, 1.807) is 24.4 Å². The Labute approximate surface area is 138 Å². The number of hydrogen-bond donors (Lipinski definition) is 1. The summed E-state index contributed by atoms with van der Waals surface area (Å²) in [5.74, 6) is -0.001000. The molecule has 1 aromatic heterocycles. The second-order valence-electron chi connectivity index (χ2n) is 5.26. The molecule has 2 heterocycles. The number of ether oxygens (including phenoxy) is 2. The quantitative estimate of drug-likeness (QED) is 0.875. The monoisotopic (exact) mass is 331 g/mol. The number of rotatable bonds is 4. The summed E-state index contributed by atoms with van der Waals surface area (Å²) in [6.45, 7) is 2.12. The van der Waals surface area contributed by atoms with Crippen molar-refractivity contribution in [2.24, 2.45) is 0 Å². The van der Waals surface area contributed by atoms with Crippen LogP contribution in [-0.4, -0.2) is 24.6 Å². The SMILES string of the molecule is CC(OC(=O)c1cccs1)C(=O)NC1CCOc2ccccc21. The number of esters is 1. The molecule has 0 fully saturated rings. The van der Waals surface area contributed by atoms with Gasteiger partial charge in [0.25, 0.3) is 5.91 Å². The lowest BCUT2D eigenvalue weighted by Crippen LogP contribution is -2.39. The van der Waals surface area contributed by atoms with Crippen molar-refractivity contribution in [3.8, 4) is 5.75 Å². The van der Waals surface area contributed by atoms with Crippen LogP contribution >= 0.6 is 11.3 Å². The zero-order valence-corrected chi connectivity index (χ0v) is 13.5. The summed E-state index contributed by atoms with van der Waals surface area (Å²) in [5.41, 5.74) is 0.948. The molecule has 3 rings (SSSR count). The number of hydrogen-bond acceptors (Lipinski definition) is 5. The second-order valence-corrected chi connectivity index (χ2v) is 6.21. The van der Waals surface area contributed by atoms with E-state index in [0.29, 0.717) is 17.9 Å². The predicted octanol–water partition coefficient (Wildman–Crippen LogP) is 2.93. The highest BCUT2D eigenvalue weighted by Crippen LogP contribution is 2.31. The minimum Gasteiger partial charge on any atom is -0.493 e. The predicted molar refractivity (Wildman–Crippen MR) is 86.6 cm³/mol. The van der Waals surface area contributed by atoms with Crippen molar-refractivity contribution in [1.82, 2.24) is 5.32 Å². The molecule has 1 aliphatic heterocycles. The van der Waals surface area contributed by atoms with Gasteiger partial charge < -0.3 is 14.8 Å². The Morgan fingerprint density at radius 2 is 2.13 bits per heavy atom.